The molecule has 1 aromatic carbocycles. The number of carbonyl (C=O) groups excluding carboxylic acids is 4. The van der Waals surface area contributed by atoms with Crippen LogP contribution in [0.1, 0.15) is 79.0 Å². The monoisotopic (exact) mass is 502 g/mol. The van der Waals surface area contributed by atoms with Crippen LogP contribution in [0.4, 0.5) is 0 Å². The molecule has 0 spiro atoms. The van der Waals surface area contributed by atoms with Gasteiger partial charge >= 0.3 is 17.9 Å². The van der Waals surface area contributed by atoms with Gasteiger partial charge in [-0.05, 0) is 82.3 Å². The number of Topliss-reactive ketones (excluding diaryl/α,β-unsaturated/α-hetero) is 1. The molecule has 3 rings (SSSR count). The zero-order chi connectivity index (χ0) is 25.9. The second-order valence-electron chi connectivity index (χ2n) is 9.96. The van der Waals surface area contributed by atoms with Crippen LogP contribution in [0.25, 0.3) is 0 Å². The highest BCUT2D eigenvalue weighted by Crippen LogP contribution is 2.32. The minimum absolute atomic E-state index is 0.0231. The van der Waals surface area contributed by atoms with Crippen molar-refractivity contribution in [1.29, 1.82) is 0 Å². The topological polar surface area (TPSA) is 105 Å². The third kappa shape index (κ3) is 8.43. The third-order valence-electron chi connectivity index (χ3n) is 7.31. The van der Waals surface area contributed by atoms with E-state index in [9.17, 15) is 19.2 Å². The lowest BCUT2D eigenvalue weighted by Crippen LogP contribution is -2.30. The van der Waals surface area contributed by atoms with Crippen LogP contribution < -0.4 is 0 Å². The molecule has 0 bridgehead atoms. The number of benzene rings is 1. The molecule has 0 heterocycles. The summed E-state index contributed by atoms with van der Waals surface area (Å²) in [6, 6.07) is 6.20. The molecule has 2 saturated carbocycles. The molecule has 8 nitrogen and oxygen atoms in total. The molecule has 0 N–H and O–H groups in total. The van der Waals surface area contributed by atoms with Crippen molar-refractivity contribution in [3.63, 3.8) is 0 Å². The smallest absolute Gasteiger partial charge is 0.338 e. The molecule has 0 radical (unpaired) electrons. The van der Waals surface area contributed by atoms with Crippen molar-refractivity contribution in [2.24, 2.45) is 23.7 Å². The Morgan fingerprint density at radius 1 is 0.667 bits per heavy atom. The van der Waals surface area contributed by atoms with E-state index >= 15 is 0 Å². The predicted octanol–water partition coefficient (Wildman–Crippen LogP) is 4.39. The van der Waals surface area contributed by atoms with E-state index in [-0.39, 0.29) is 42.8 Å². The molecule has 0 unspecified atom stereocenters. The molecule has 0 amide bonds. The number of carbonyl (C=O) groups is 4. The maximum atomic E-state index is 12.5. The Balaban J connectivity index is 1.27. The molecule has 198 valence electrons. The lowest BCUT2D eigenvalue weighted by Gasteiger charge is -2.29. The number of methoxy groups -OCH3 is 1. The lowest BCUT2D eigenvalue weighted by molar-refractivity contribution is -0.156. The van der Waals surface area contributed by atoms with E-state index in [1.807, 2.05) is 0 Å². The molecule has 2 aliphatic carbocycles. The molecule has 0 atom stereocenters. The highest BCUT2D eigenvalue weighted by Gasteiger charge is 2.32. The van der Waals surface area contributed by atoms with Gasteiger partial charge in [-0.25, -0.2) is 4.79 Å². The zero-order valence-corrected chi connectivity index (χ0v) is 21.4. The first kappa shape index (κ1) is 27.8. The lowest BCUT2D eigenvalue weighted by atomic mass is 9.81. The van der Waals surface area contributed by atoms with E-state index in [0.717, 1.165) is 32.3 Å². The van der Waals surface area contributed by atoms with Gasteiger partial charge in [0.25, 0.3) is 0 Å². The summed E-state index contributed by atoms with van der Waals surface area (Å²) in [6.45, 7) is 2.68. The van der Waals surface area contributed by atoms with Crippen molar-refractivity contribution in [2.45, 2.75) is 58.3 Å². The van der Waals surface area contributed by atoms with Crippen LogP contribution in [0, 0.1) is 23.7 Å². The number of ketones is 1. The zero-order valence-electron chi connectivity index (χ0n) is 21.4. The summed E-state index contributed by atoms with van der Waals surface area (Å²) >= 11 is 0. The van der Waals surface area contributed by atoms with Crippen LogP contribution in [0.3, 0.4) is 0 Å². The average molecular weight is 503 g/mol. The molecule has 8 heteroatoms. The van der Waals surface area contributed by atoms with Crippen molar-refractivity contribution >= 4 is 23.7 Å². The highest BCUT2D eigenvalue weighted by molar-refractivity contribution is 5.96. The van der Waals surface area contributed by atoms with Crippen molar-refractivity contribution in [3.05, 3.63) is 35.4 Å². The van der Waals surface area contributed by atoms with Crippen LogP contribution in [-0.2, 0) is 28.5 Å². The largest absolute Gasteiger partial charge is 0.465 e. The summed E-state index contributed by atoms with van der Waals surface area (Å²) < 4.78 is 21.3. The van der Waals surface area contributed by atoms with Crippen molar-refractivity contribution in [2.75, 3.05) is 33.5 Å². The highest BCUT2D eigenvalue weighted by atomic mass is 16.6. The van der Waals surface area contributed by atoms with Gasteiger partial charge in [-0.1, -0.05) is 12.1 Å². The molecule has 36 heavy (non-hydrogen) atoms. The minimum Gasteiger partial charge on any atom is -0.465 e. The molecule has 1 aromatic rings. The number of hydrogen-bond donors (Lipinski definition) is 0. The van der Waals surface area contributed by atoms with Gasteiger partial charge in [-0.3, -0.25) is 14.4 Å². The Bertz CT molecular complexity index is 877. The Hall–Kier alpha value is -2.74. The van der Waals surface area contributed by atoms with Crippen LogP contribution in [0.5, 0.6) is 0 Å². The first-order chi connectivity index (χ1) is 17.4. The van der Waals surface area contributed by atoms with Gasteiger partial charge in [0.2, 0.25) is 0 Å². The Morgan fingerprint density at radius 2 is 1.14 bits per heavy atom. The standard InChI is InChI=1S/C28H38O8/c1-19(29)22-7-9-23(10-8-22)26(30)34-15-16-35-27(31)24-11-13-25(14-12-24)28(32)36-18-21-5-3-20(4-6-21)17-33-2/h7-10,20-21,24-25H,3-6,11-18H2,1-2H3. The van der Waals surface area contributed by atoms with E-state index in [1.165, 1.54) is 19.1 Å². The van der Waals surface area contributed by atoms with E-state index < -0.39 is 5.97 Å². The van der Waals surface area contributed by atoms with E-state index in [2.05, 4.69) is 0 Å². The van der Waals surface area contributed by atoms with Gasteiger partial charge in [0.1, 0.15) is 13.2 Å². The van der Waals surface area contributed by atoms with Crippen molar-refractivity contribution in [1.82, 2.24) is 0 Å². The number of rotatable bonds is 11. The van der Waals surface area contributed by atoms with Crippen molar-refractivity contribution in [3.8, 4) is 0 Å². The second kappa shape index (κ2) is 14.1. The number of esters is 3. The first-order valence-corrected chi connectivity index (χ1v) is 13.0. The molecular formula is C28H38O8. The van der Waals surface area contributed by atoms with Gasteiger partial charge in [0, 0.05) is 19.3 Å². The van der Waals surface area contributed by atoms with E-state index in [0.29, 0.717) is 55.3 Å². The Morgan fingerprint density at radius 3 is 1.67 bits per heavy atom. The Kier molecular flexibility index (Phi) is 10.9. The van der Waals surface area contributed by atoms with Gasteiger partial charge in [0.15, 0.2) is 5.78 Å². The second-order valence-corrected chi connectivity index (χ2v) is 9.96. The van der Waals surface area contributed by atoms with Gasteiger partial charge in [0.05, 0.1) is 24.0 Å². The van der Waals surface area contributed by atoms with Gasteiger partial charge in [-0.15, -0.1) is 0 Å². The SMILES string of the molecule is COCC1CCC(COC(=O)C2CCC(C(=O)OCCOC(=O)c3ccc(C(C)=O)cc3)CC2)CC1. The fourth-order valence-corrected chi connectivity index (χ4v) is 5.00. The van der Waals surface area contributed by atoms with Crippen LogP contribution in [-0.4, -0.2) is 57.2 Å². The molecule has 0 aliphatic heterocycles. The fourth-order valence-electron chi connectivity index (χ4n) is 5.00. The van der Waals surface area contributed by atoms with Crippen LogP contribution in [0.2, 0.25) is 0 Å². The average Bonchev–Trinajstić information content (AvgIpc) is 2.90. The van der Waals surface area contributed by atoms with Crippen molar-refractivity contribution < 1.29 is 38.1 Å². The van der Waals surface area contributed by atoms with Gasteiger partial charge in [-0.2, -0.15) is 0 Å². The first-order valence-electron chi connectivity index (χ1n) is 13.0. The summed E-state index contributed by atoms with van der Waals surface area (Å²) in [6.07, 6.45) is 6.79. The maximum absolute atomic E-state index is 12.5. The van der Waals surface area contributed by atoms with Crippen LogP contribution in [0.15, 0.2) is 24.3 Å². The van der Waals surface area contributed by atoms with Gasteiger partial charge < -0.3 is 18.9 Å². The van der Waals surface area contributed by atoms with E-state index in [1.54, 1.807) is 19.2 Å². The maximum Gasteiger partial charge on any atom is 0.338 e. The molecular weight excluding hydrogens is 464 g/mol. The quantitative estimate of drug-likeness (QED) is 0.190. The minimum atomic E-state index is -0.539. The molecule has 2 aliphatic rings. The summed E-state index contributed by atoms with van der Waals surface area (Å²) in [5, 5.41) is 0. The molecule has 0 saturated heterocycles. The summed E-state index contributed by atoms with van der Waals surface area (Å²) in [4.78, 5) is 48.3. The fraction of sp³-hybridized carbons (Fsp3) is 0.643. The number of ether oxygens (including phenoxy) is 4. The molecule has 0 aromatic heterocycles. The van der Waals surface area contributed by atoms with E-state index in [4.69, 9.17) is 18.9 Å². The Labute approximate surface area is 213 Å². The predicted molar refractivity (Wildman–Crippen MR) is 131 cm³/mol. The normalized spacial score (nSPS) is 23.9. The summed E-state index contributed by atoms with van der Waals surface area (Å²) in [5.41, 5.74) is 0.847. The summed E-state index contributed by atoms with van der Waals surface area (Å²) in [7, 11) is 1.74. The summed E-state index contributed by atoms with van der Waals surface area (Å²) in [5.74, 6) is -0.445. The number of hydrogen-bond acceptors (Lipinski definition) is 8. The third-order valence-corrected chi connectivity index (χ3v) is 7.31. The van der Waals surface area contributed by atoms with Crippen LogP contribution >= 0.6 is 0 Å². The molecule has 2 fully saturated rings.